The molecule has 0 saturated heterocycles. The van der Waals surface area contributed by atoms with Gasteiger partial charge in [-0.3, -0.25) is 14.4 Å². The lowest BCUT2D eigenvalue weighted by Crippen LogP contribution is -2.30. The van der Waals surface area contributed by atoms with Crippen LogP contribution in [-0.4, -0.2) is 30.6 Å². The second kappa shape index (κ2) is 8.41. The minimum Gasteiger partial charge on any atom is -0.454 e. The van der Waals surface area contributed by atoms with Crippen LogP contribution in [0.1, 0.15) is 29.4 Å². The van der Waals surface area contributed by atoms with Crippen molar-refractivity contribution in [3.8, 4) is 11.5 Å². The Morgan fingerprint density at radius 1 is 1.19 bits per heavy atom. The molecule has 142 valence electrons. The zero-order valence-electron chi connectivity index (χ0n) is 14.3. The maximum atomic E-state index is 12.2. The van der Waals surface area contributed by atoms with E-state index < -0.39 is 18.0 Å². The van der Waals surface area contributed by atoms with Crippen LogP contribution >= 0.6 is 22.9 Å². The summed E-state index contributed by atoms with van der Waals surface area (Å²) in [7, 11) is 0. The summed E-state index contributed by atoms with van der Waals surface area (Å²) in [4.78, 5) is 36.5. The van der Waals surface area contributed by atoms with E-state index in [0.717, 1.165) is 11.3 Å². The predicted molar refractivity (Wildman–Crippen MR) is 99.6 cm³/mol. The number of thiophene rings is 1. The molecule has 27 heavy (non-hydrogen) atoms. The molecule has 3 rings (SSSR count). The molecule has 1 unspecified atom stereocenters. The van der Waals surface area contributed by atoms with E-state index in [1.54, 1.807) is 30.3 Å². The number of fused-ring (bicyclic) bond motifs is 1. The Morgan fingerprint density at radius 3 is 2.70 bits per heavy atom. The van der Waals surface area contributed by atoms with E-state index in [0.29, 0.717) is 26.4 Å². The van der Waals surface area contributed by atoms with Crippen molar-refractivity contribution in [2.24, 2.45) is 0 Å². The average Bonchev–Trinajstić information content (AvgIpc) is 3.27. The molecule has 0 saturated carbocycles. The number of rotatable bonds is 7. The van der Waals surface area contributed by atoms with Gasteiger partial charge in [-0.15, -0.1) is 11.3 Å². The third-order valence-corrected chi connectivity index (χ3v) is 4.99. The number of amides is 1. The van der Waals surface area contributed by atoms with Gasteiger partial charge in [-0.2, -0.15) is 0 Å². The SMILES string of the molecule is CC(OC(=O)CCC(=O)c1ccc(Cl)s1)C(=O)Nc1ccc2c(c1)OCO2. The van der Waals surface area contributed by atoms with Crippen molar-refractivity contribution in [1.82, 2.24) is 0 Å². The fraction of sp³-hybridized carbons (Fsp3) is 0.278. The number of ketones is 1. The number of anilines is 1. The summed E-state index contributed by atoms with van der Waals surface area (Å²) < 4.78 is 16.0. The normalized spacial score (nSPS) is 13.1. The second-order valence-electron chi connectivity index (χ2n) is 5.72. The standard InChI is InChI=1S/C18H16ClNO6S/c1-10(18(23)20-11-2-4-13-14(8-11)25-9-24-13)26-17(22)7-3-12(21)15-5-6-16(19)27-15/h2,4-6,8,10H,3,7,9H2,1H3,(H,20,23). The summed E-state index contributed by atoms with van der Waals surface area (Å²) in [6.45, 7) is 1.60. The Hall–Kier alpha value is -2.58. The van der Waals surface area contributed by atoms with E-state index in [1.807, 2.05) is 0 Å². The zero-order chi connectivity index (χ0) is 19.4. The largest absolute Gasteiger partial charge is 0.454 e. The number of nitrogens with one attached hydrogen (secondary N) is 1. The first-order valence-electron chi connectivity index (χ1n) is 8.11. The van der Waals surface area contributed by atoms with Crippen LogP contribution in [0.25, 0.3) is 0 Å². The van der Waals surface area contributed by atoms with Gasteiger partial charge in [0.2, 0.25) is 6.79 Å². The molecule has 1 atom stereocenters. The monoisotopic (exact) mass is 409 g/mol. The van der Waals surface area contributed by atoms with Gasteiger partial charge < -0.3 is 19.5 Å². The Bertz CT molecular complexity index is 880. The van der Waals surface area contributed by atoms with E-state index in [9.17, 15) is 14.4 Å². The molecule has 9 heteroatoms. The summed E-state index contributed by atoms with van der Waals surface area (Å²) in [5.74, 6) is -0.173. The van der Waals surface area contributed by atoms with Crippen molar-refractivity contribution in [3.05, 3.63) is 39.5 Å². The summed E-state index contributed by atoms with van der Waals surface area (Å²) in [5, 5.41) is 2.64. The average molecular weight is 410 g/mol. The number of esters is 1. The van der Waals surface area contributed by atoms with Gasteiger partial charge in [-0.05, 0) is 31.2 Å². The topological polar surface area (TPSA) is 90.9 Å². The number of carbonyl (C=O) groups is 3. The summed E-state index contributed by atoms with van der Waals surface area (Å²) in [5.41, 5.74) is 0.497. The number of hydrogen-bond acceptors (Lipinski definition) is 7. The van der Waals surface area contributed by atoms with Crippen molar-refractivity contribution in [1.29, 1.82) is 0 Å². The zero-order valence-corrected chi connectivity index (χ0v) is 15.9. The Kier molecular flexibility index (Phi) is 5.98. The van der Waals surface area contributed by atoms with Gasteiger partial charge in [0.1, 0.15) is 0 Å². The van der Waals surface area contributed by atoms with Crippen LogP contribution in [0.4, 0.5) is 5.69 Å². The van der Waals surface area contributed by atoms with E-state index in [2.05, 4.69) is 5.32 Å². The summed E-state index contributed by atoms with van der Waals surface area (Å²) in [6, 6.07) is 8.20. The molecular weight excluding hydrogens is 394 g/mol. The van der Waals surface area contributed by atoms with E-state index >= 15 is 0 Å². The fourth-order valence-corrected chi connectivity index (χ4v) is 3.34. The molecule has 0 radical (unpaired) electrons. The number of ether oxygens (including phenoxy) is 3. The van der Waals surface area contributed by atoms with Crippen LogP contribution in [0.2, 0.25) is 4.34 Å². The molecule has 1 aromatic heterocycles. The third-order valence-electron chi connectivity index (χ3n) is 3.72. The molecule has 1 amide bonds. The van der Waals surface area contributed by atoms with Gasteiger partial charge in [0.25, 0.3) is 5.91 Å². The molecule has 0 aliphatic carbocycles. The summed E-state index contributed by atoms with van der Waals surface area (Å²) in [6.07, 6.45) is -1.13. The molecule has 7 nitrogen and oxygen atoms in total. The number of benzene rings is 1. The lowest BCUT2D eigenvalue weighted by molar-refractivity contribution is -0.153. The lowest BCUT2D eigenvalue weighted by atomic mass is 10.2. The van der Waals surface area contributed by atoms with Crippen LogP contribution in [0.15, 0.2) is 30.3 Å². The van der Waals surface area contributed by atoms with Gasteiger partial charge in [-0.25, -0.2) is 0 Å². The molecule has 1 aliphatic heterocycles. The summed E-state index contributed by atoms with van der Waals surface area (Å²) >= 11 is 6.94. The van der Waals surface area contributed by atoms with Crippen LogP contribution in [0.5, 0.6) is 11.5 Å². The van der Waals surface area contributed by atoms with Crippen molar-refractivity contribution in [3.63, 3.8) is 0 Å². The maximum Gasteiger partial charge on any atom is 0.307 e. The van der Waals surface area contributed by atoms with Gasteiger partial charge in [0.15, 0.2) is 23.4 Å². The van der Waals surface area contributed by atoms with Gasteiger partial charge in [0.05, 0.1) is 15.6 Å². The van der Waals surface area contributed by atoms with Gasteiger partial charge >= 0.3 is 5.97 Å². The van der Waals surface area contributed by atoms with Crippen molar-refractivity contribution in [2.75, 3.05) is 12.1 Å². The molecule has 1 aromatic carbocycles. The smallest absolute Gasteiger partial charge is 0.307 e. The first-order valence-corrected chi connectivity index (χ1v) is 9.30. The highest BCUT2D eigenvalue weighted by Gasteiger charge is 2.20. The molecule has 0 bridgehead atoms. The van der Waals surface area contributed by atoms with Gasteiger partial charge in [-0.1, -0.05) is 11.6 Å². The van der Waals surface area contributed by atoms with Crippen molar-refractivity contribution >= 4 is 46.3 Å². The number of Topliss-reactive ketones (excluding diaryl/α,β-unsaturated/α-hetero) is 1. The first kappa shape index (κ1) is 19.2. The molecule has 0 fully saturated rings. The Balaban J connectivity index is 1.46. The number of halogens is 1. The number of carbonyl (C=O) groups excluding carboxylic acids is 3. The van der Waals surface area contributed by atoms with Gasteiger partial charge in [0, 0.05) is 18.2 Å². The van der Waals surface area contributed by atoms with Crippen molar-refractivity contribution in [2.45, 2.75) is 25.9 Å². The van der Waals surface area contributed by atoms with Crippen LogP contribution < -0.4 is 14.8 Å². The van der Waals surface area contributed by atoms with Crippen LogP contribution in [0, 0.1) is 0 Å². The third kappa shape index (κ3) is 4.99. The molecule has 2 heterocycles. The quantitative estimate of drug-likeness (QED) is 0.554. The molecular formula is C18H16ClNO6S. The predicted octanol–water partition coefficient (Wildman–Crippen LogP) is 3.66. The van der Waals surface area contributed by atoms with Crippen molar-refractivity contribution < 1.29 is 28.6 Å². The molecule has 2 aromatic rings. The highest BCUT2D eigenvalue weighted by atomic mass is 35.5. The maximum absolute atomic E-state index is 12.2. The van der Waals surface area contributed by atoms with E-state index in [-0.39, 0.29) is 25.4 Å². The molecule has 1 aliphatic rings. The minimum atomic E-state index is -1.01. The van der Waals surface area contributed by atoms with E-state index in [1.165, 1.54) is 6.92 Å². The Labute approximate surface area is 164 Å². The van der Waals surface area contributed by atoms with Crippen LogP contribution in [-0.2, 0) is 14.3 Å². The fourth-order valence-electron chi connectivity index (χ4n) is 2.33. The minimum absolute atomic E-state index is 0.00776. The Morgan fingerprint density at radius 2 is 1.96 bits per heavy atom. The highest BCUT2D eigenvalue weighted by Crippen LogP contribution is 2.34. The molecule has 1 N–H and O–H groups in total. The second-order valence-corrected chi connectivity index (χ2v) is 7.43. The highest BCUT2D eigenvalue weighted by molar-refractivity contribution is 7.18. The van der Waals surface area contributed by atoms with E-state index in [4.69, 9.17) is 25.8 Å². The lowest BCUT2D eigenvalue weighted by Gasteiger charge is -2.13. The molecule has 0 spiro atoms. The first-order chi connectivity index (χ1) is 12.9. The van der Waals surface area contributed by atoms with Crippen LogP contribution in [0.3, 0.4) is 0 Å². The number of hydrogen-bond donors (Lipinski definition) is 1.